The van der Waals surface area contributed by atoms with Gasteiger partial charge in [0.15, 0.2) is 0 Å². The van der Waals surface area contributed by atoms with Crippen LogP contribution < -0.4 is 5.32 Å². The molecule has 25 heavy (non-hydrogen) atoms. The lowest BCUT2D eigenvalue weighted by Crippen LogP contribution is -2.41. The Labute approximate surface area is 154 Å². The van der Waals surface area contributed by atoms with E-state index in [0.29, 0.717) is 5.75 Å². The first-order valence-electron chi connectivity index (χ1n) is 9.23. The predicted octanol–water partition coefficient (Wildman–Crippen LogP) is 2.73. The third-order valence-corrected chi connectivity index (χ3v) is 6.21. The van der Waals surface area contributed by atoms with Crippen molar-refractivity contribution in [1.29, 1.82) is 0 Å². The summed E-state index contributed by atoms with van der Waals surface area (Å²) in [6.07, 6.45) is 6.91. The minimum Gasteiger partial charge on any atom is -0.356 e. The Morgan fingerprint density at radius 1 is 1.24 bits per heavy atom. The Kier molecular flexibility index (Phi) is 6.05. The van der Waals surface area contributed by atoms with E-state index >= 15 is 0 Å². The van der Waals surface area contributed by atoms with Gasteiger partial charge in [0.25, 0.3) is 0 Å². The molecule has 1 aromatic carbocycles. The molecular formula is C20H28N2O2S. The molecule has 2 amide bonds. The van der Waals surface area contributed by atoms with Gasteiger partial charge in [0.1, 0.15) is 0 Å². The molecule has 1 aliphatic carbocycles. The van der Waals surface area contributed by atoms with Crippen LogP contribution in [0.3, 0.4) is 0 Å². The highest BCUT2D eigenvalue weighted by molar-refractivity contribution is 7.99. The largest absolute Gasteiger partial charge is 0.356 e. The fraction of sp³-hybridized carbons (Fsp3) is 0.600. The second-order valence-corrected chi connectivity index (χ2v) is 8.18. The number of aryl methyl sites for hydroxylation is 1. The van der Waals surface area contributed by atoms with Crippen LogP contribution in [0.4, 0.5) is 0 Å². The second kappa shape index (κ2) is 8.26. The van der Waals surface area contributed by atoms with Crippen LogP contribution in [0.1, 0.15) is 31.2 Å². The standard InChI is InChI=1S/C20H28N2O2S/c1-25-15-18(23)22-12-9-20(10-13-22)14-17(20)19(24)21-11-5-8-16-6-3-2-4-7-16/h2-4,6-7,17H,5,8-15H2,1H3,(H,21,24). The second-order valence-electron chi connectivity index (χ2n) is 7.31. The number of thioether (sulfide) groups is 1. The van der Waals surface area contributed by atoms with Crippen LogP contribution in [0, 0.1) is 11.3 Å². The number of hydrogen-bond acceptors (Lipinski definition) is 3. The normalized spacial score (nSPS) is 21.2. The zero-order valence-electron chi connectivity index (χ0n) is 15.0. The summed E-state index contributed by atoms with van der Waals surface area (Å²) in [5, 5.41) is 3.12. The van der Waals surface area contributed by atoms with E-state index in [2.05, 4.69) is 29.6 Å². The van der Waals surface area contributed by atoms with E-state index in [9.17, 15) is 9.59 Å². The SMILES string of the molecule is CSCC(=O)N1CCC2(CC1)CC2C(=O)NCCCc1ccccc1. The van der Waals surface area contributed by atoms with Crippen LogP contribution in [-0.4, -0.2) is 48.4 Å². The molecule has 1 saturated carbocycles. The maximum Gasteiger partial charge on any atom is 0.232 e. The van der Waals surface area contributed by atoms with Crippen molar-refractivity contribution in [3.05, 3.63) is 35.9 Å². The van der Waals surface area contributed by atoms with Crippen LogP contribution in [0.2, 0.25) is 0 Å². The maximum absolute atomic E-state index is 12.4. The molecule has 136 valence electrons. The molecule has 3 rings (SSSR count). The van der Waals surface area contributed by atoms with Gasteiger partial charge in [0, 0.05) is 25.6 Å². The molecule has 1 atom stereocenters. The van der Waals surface area contributed by atoms with Crippen molar-refractivity contribution in [2.45, 2.75) is 32.1 Å². The van der Waals surface area contributed by atoms with E-state index in [-0.39, 0.29) is 23.1 Å². The Morgan fingerprint density at radius 3 is 2.64 bits per heavy atom. The highest BCUT2D eigenvalue weighted by atomic mass is 32.2. The van der Waals surface area contributed by atoms with Gasteiger partial charge in [-0.05, 0) is 49.3 Å². The van der Waals surface area contributed by atoms with Crippen molar-refractivity contribution in [3.63, 3.8) is 0 Å². The molecule has 5 heteroatoms. The molecule has 1 saturated heterocycles. The van der Waals surface area contributed by atoms with Crippen molar-refractivity contribution in [2.24, 2.45) is 11.3 Å². The number of benzene rings is 1. The van der Waals surface area contributed by atoms with E-state index in [1.165, 1.54) is 5.56 Å². The Hall–Kier alpha value is -1.49. The number of hydrogen-bond donors (Lipinski definition) is 1. The number of carbonyl (C=O) groups is 2. The Morgan fingerprint density at radius 2 is 1.96 bits per heavy atom. The number of piperidine rings is 1. The van der Waals surface area contributed by atoms with Crippen molar-refractivity contribution < 1.29 is 9.59 Å². The van der Waals surface area contributed by atoms with Crippen LogP contribution in [0.25, 0.3) is 0 Å². The first kappa shape index (κ1) is 18.3. The number of rotatable bonds is 7. The topological polar surface area (TPSA) is 49.4 Å². The summed E-state index contributed by atoms with van der Waals surface area (Å²) in [6, 6.07) is 10.4. The van der Waals surface area contributed by atoms with E-state index in [0.717, 1.165) is 51.7 Å². The van der Waals surface area contributed by atoms with Crippen molar-refractivity contribution >= 4 is 23.6 Å². The molecule has 2 aliphatic rings. The van der Waals surface area contributed by atoms with Crippen LogP contribution in [0.15, 0.2) is 30.3 Å². The number of nitrogens with one attached hydrogen (secondary N) is 1. The number of amides is 2. The molecule has 0 aromatic heterocycles. The molecule has 1 spiro atoms. The zero-order valence-corrected chi connectivity index (χ0v) is 15.8. The molecule has 0 bridgehead atoms. The molecule has 1 unspecified atom stereocenters. The average molecular weight is 361 g/mol. The summed E-state index contributed by atoms with van der Waals surface area (Å²) in [5.74, 6) is 1.20. The van der Waals surface area contributed by atoms with Gasteiger partial charge in [0.05, 0.1) is 5.75 Å². The lowest BCUT2D eigenvalue weighted by atomic mass is 9.90. The van der Waals surface area contributed by atoms with Crippen LogP contribution in [-0.2, 0) is 16.0 Å². The molecule has 1 N–H and O–H groups in total. The molecular weight excluding hydrogens is 332 g/mol. The summed E-state index contributed by atoms with van der Waals surface area (Å²) >= 11 is 1.58. The molecule has 1 aromatic rings. The van der Waals surface area contributed by atoms with Crippen LogP contribution in [0.5, 0.6) is 0 Å². The molecule has 1 aliphatic heterocycles. The smallest absolute Gasteiger partial charge is 0.232 e. The van der Waals surface area contributed by atoms with Gasteiger partial charge >= 0.3 is 0 Å². The monoisotopic (exact) mass is 360 g/mol. The maximum atomic E-state index is 12.4. The average Bonchev–Trinajstić information content (AvgIpc) is 3.33. The molecule has 0 radical (unpaired) electrons. The minimum absolute atomic E-state index is 0.169. The fourth-order valence-corrected chi connectivity index (χ4v) is 4.39. The van der Waals surface area contributed by atoms with Gasteiger partial charge in [-0.25, -0.2) is 0 Å². The minimum atomic E-state index is 0.169. The van der Waals surface area contributed by atoms with E-state index in [4.69, 9.17) is 0 Å². The molecule has 2 fully saturated rings. The Balaban J connectivity index is 1.36. The van der Waals surface area contributed by atoms with Gasteiger partial charge in [-0.15, -0.1) is 0 Å². The first-order valence-corrected chi connectivity index (χ1v) is 10.6. The van der Waals surface area contributed by atoms with Crippen molar-refractivity contribution in [3.8, 4) is 0 Å². The summed E-state index contributed by atoms with van der Waals surface area (Å²) in [7, 11) is 0. The summed E-state index contributed by atoms with van der Waals surface area (Å²) in [4.78, 5) is 26.3. The number of likely N-dealkylation sites (tertiary alicyclic amines) is 1. The quantitative estimate of drug-likeness (QED) is 0.761. The molecule has 1 heterocycles. The number of nitrogens with zero attached hydrogens (tertiary/aromatic N) is 1. The highest BCUT2D eigenvalue weighted by Crippen LogP contribution is 2.59. The van der Waals surface area contributed by atoms with E-state index < -0.39 is 0 Å². The zero-order chi connectivity index (χ0) is 17.7. The fourth-order valence-electron chi connectivity index (χ4n) is 3.96. The van der Waals surface area contributed by atoms with Gasteiger partial charge in [0.2, 0.25) is 11.8 Å². The van der Waals surface area contributed by atoms with Gasteiger partial charge < -0.3 is 10.2 Å². The predicted molar refractivity (Wildman–Crippen MR) is 103 cm³/mol. The van der Waals surface area contributed by atoms with Crippen molar-refractivity contribution in [2.75, 3.05) is 31.6 Å². The third kappa shape index (κ3) is 4.57. The summed E-state index contributed by atoms with van der Waals surface area (Å²) < 4.78 is 0. The van der Waals surface area contributed by atoms with Crippen molar-refractivity contribution in [1.82, 2.24) is 10.2 Å². The third-order valence-electron chi connectivity index (χ3n) is 5.67. The van der Waals surface area contributed by atoms with Gasteiger partial charge in [-0.2, -0.15) is 11.8 Å². The summed E-state index contributed by atoms with van der Waals surface area (Å²) in [5.41, 5.74) is 1.50. The number of carbonyl (C=O) groups excluding carboxylic acids is 2. The lowest BCUT2D eigenvalue weighted by molar-refractivity contribution is -0.130. The van der Waals surface area contributed by atoms with Crippen LogP contribution >= 0.6 is 11.8 Å². The van der Waals surface area contributed by atoms with E-state index in [1.807, 2.05) is 17.2 Å². The Bertz CT molecular complexity index is 597. The first-order chi connectivity index (χ1) is 12.1. The lowest BCUT2D eigenvalue weighted by Gasteiger charge is -2.32. The highest BCUT2D eigenvalue weighted by Gasteiger charge is 2.58. The summed E-state index contributed by atoms with van der Waals surface area (Å²) in [6.45, 7) is 2.38. The van der Waals surface area contributed by atoms with E-state index in [1.54, 1.807) is 11.8 Å². The molecule has 4 nitrogen and oxygen atoms in total. The van der Waals surface area contributed by atoms with Gasteiger partial charge in [-0.1, -0.05) is 30.3 Å². The van der Waals surface area contributed by atoms with Gasteiger partial charge in [-0.3, -0.25) is 9.59 Å².